The first-order valence-corrected chi connectivity index (χ1v) is 15.3. The number of anilines is 1. The molecule has 4 aromatic rings. The van der Waals surface area contributed by atoms with Crippen LogP contribution in [0.2, 0.25) is 0 Å². The number of ether oxygens (including phenoxy) is 1. The molecule has 0 aliphatic carbocycles. The Balaban J connectivity index is 1.47. The summed E-state index contributed by atoms with van der Waals surface area (Å²) in [5.74, 6) is -0.860. The zero-order valence-corrected chi connectivity index (χ0v) is 23.2. The first-order chi connectivity index (χ1) is 18.3. The van der Waals surface area contributed by atoms with E-state index in [1.165, 1.54) is 11.3 Å². The van der Waals surface area contributed by atoms with Crippen molar-refractivity contribution in [3.05, 3.63) is 77.4 Å². The highest BCUT2D eigenvalue weighted by Gasteiger charge is 2.24. The number of aromatic nitrogens is 3. The second-order valence-corrected chi connectivity index (χ2v) is 11.8. The fourth-order valence-corrected chi connectivity index (χ4v) is 6.80. The summed E-state index contributed by atoms with van der Waals surface area (Å²) in [5.41, 5.74) is 1.84. The lowest BCUT2D eigenvalue weighted by atomic mass is 10.0. The molecule has 0 saturated heterocycles. The van der Waals surface area contributed by atoms with Crippen LogP contribution >= 0.6 is 23.1 Å². The maximum absolute atomic E-state index is 12.9. The molecule has 0 bridgehead atoms. The Morgan fingerprint density at radius 3 is 2.37 bits per heavy atom. The van der Waals surface area contributed by atoms with E-state index in [-0.39, 0.29) is 28.9 Å². The highest BCUT2D eigenvalue weighted by Crippen LogP contribution is 2.36. The molecule has 1 N–H and O–H groups in total. The van der Waals surface area contributed by atoms with E-state index in [0.29, 0.717) is 33.7 Å². The van der Waals surface area contributed by atoms with Crippen molar-refractivity contribution >= 4 is 49.8 Å². The molecule has 0 aliphatic heterocycles. The van der Waals surface area contributed by atoms with Gasteiger partial charge in [0.05, 0.1) is 17.3 Å². The van der Waals surface area contributed by atoms with Gasteiger partial charge in [0.2, 0.25) is 5.91 Å². The van der Waals surface area contributed by atoms with Gasteiger partial charge < -0.3 is 14.6 Å². The standard InChI is InChI=1S/C26H26N4O5S3/c1-3-30-21(17-38(33,34)19-13-9-6-10-14-19)28-29-26(30)37-16-22(31)27-24-23(25(32)35-4-2)20(15-36-24)18-11-7-5-8-12-18/h5-15H,3-4,16-17H2,1-2H3,(H,27,31). The van der Waals surface area contributed by atoms with Gasteiger partial charge in [-0.05, 0) is 31.5 Å². The second kappa shape index (κ2) is 12.4. The van der Waals surface area contributed by atoms with Crippen LogP contribution in [-0.4, -0.2) is 47.4 Å². The highest BCUT2D eigenvalue weighted by molar-refractivity contribution is 7.99. The number of amides is 1. The predicted molar refractivity (Wildman–Crippen MR) is 148 cm³/mol. The van der Waals surface area contributed by atoms with E-state index in [1.54, 1.807) is 41.8 Å². The van der Waals surface area contributed by atoms with E-state index in [9.17, 15) is 18.0 Å². The van der Waals surface area contributed by atoms with Crippen molar-refractivity contribution in [3.63, 3.8) is 0 Å². The molecule has 2 aromatic heterocycles. The van der Waals surface area contributed by atoms with Crippen molar-refractivity contribution < 1.29 is 22.7 Å². The molecule has 0 atom stereocenters. The van der Waals surface area contributed by atoms with E-state index in [1.807, 2.05) is 42.6 Å². The number of rotatable bonds is 11. The lowest BCUT2D eigenvalue weighted by Crippen LogP contribution is -2.17. The Kier molecular flexibility index (Phi) is 8.97. The highest BCUT2D eigenvalue weighted by atomic mass is 32.2. The van der Waals surface area contributed by atoms with Gasteiger partial charge in [-0.2, -0.15) is 0 Å². The molecule has 2 aromatic carbocycles. The van der Waals surface area contributed by atoms with Gasteiger partial charge in [-0.3, -0.25) is 4.79 Å². The van der Waals surface area contributed by atoms with Crippen LogP contribution in [0.5, 0.6) is 0 Å². The topological polar surface area (TPSA) is 120 Å². The predicted octanol–water partition coefficient (Wildman–Crippen LogP) is 4.91. The zero-order chi connectivity index (χ0) is 27.1. The molecule has 12 heteroatoms. The van der Waals surface area contributed by atoms with Gasteiger partial charge in [0.15, 0.2) is 15.0 Å². The van der Waals surface area contributed by atoms with Crippen LogP contribution in [0.1, 0.15) is 30.0 Å². The number of hydrogen-bond donors (Lipinski definition) is 1. The van der Waals surface area contributed by atoms with Crippen LogP contribution in [-0.2, 0) is 31.7 Å². The third-order valence-corrected chi connectivity index (χ3v) is 8.96. The number of nitrogens with zero attached hydrogens (tertiary/aromatic N) is 3. The quantitative estimate of drug-likeness (QED) is 0.200. The third kappa shape index (κ3) is 6.32. The Morgan fingerprint density at radius 2 is 1.71 bits per heavy atom. The maximum atomic E-state index is 12.9. The minimum Gasteiger partial charge on any atom is -0.462 e. The number of thiophene rings is 1. The van der Waals surface area contributed by atoms with Gasteiger partial charge in [-0.25, -0.2) is 13.2 Å². The van der Waals surface area contributed by atoms with Gasteiger partial charge in [-0.1, -0.05) is 60.3 Å². The van der Waals surface area contributed by atoms with E-state index in [2.05, 4.69) is 15.5 Å². The van der Waals surface area contributed by atoms with Crippen molar-refractivity contribution in [3.8, 4) is 11.1 Å². The molecule has 0 fully saturated rings. The third-order valence-electron chi connectivity index (χ3n) is 5.47. The Labute approximate surface area is 229 Å². The average molecular weight is 571 g/mol. The molecule has 4 rings (SSSR count). The fraction of sp³-hybridized carbons (Fsp3) is 0.231. The SMILES string of the molecule is CCOC(=O)c1c(-c2ccccc2)csc1NC(=O)CSc1nnc(CS(=O)(=O)c2ccccc2)n1CC. The number of carbonyl (C=O) groups excluding carboxylic acids is 2. The van der Waals surface area contributed by atoms with Gasteiger partial charge >= 0.3 is 5.97 Å². The molecular weight excluding hydrogens is 545 g/mol. The zero-order valence-electron chi connectivity index (χ0n) is 20.8. The first-order valence-electron chi connectivity index (χ1n) is 11.8. The number of thioether (sulfide) groups is 1. The van der Waals surface area contributed by atoms with E-state index in [0.717, 1.165) is 17.3 Å². The molecule has 0 saturated carbocycles. The fourth-order valence-electron chi connectivity index (χ4n) is 3.71. The number of carbonyl (C=O) groups is 2. The summed E-state index contributed by atoms with van der Waals surface area (Å²) in [6, 6.07) is 17.6. The van der Waals surface area contributed by atoms with Crippen molar-refractivity contribution in [2.75, 3.05) is 17.7 Å². The summed E-state index contributed by atoms with van der Waals surface area (Å²) in [5, 5.41) is 13.7. The van der Waals surface area contributed by atoms with Crippen LogP contribution in [0.25, 0.3) is 11.1 Å². The van der Waals surface area contributed by atoms with Crippen LogP contribution in [0.3, 0.4) is 0 Å². The normalized spacial score (nSPS) is 11.3. The molecule has 0 aliphatic rings. The van der Waals surface area contributed by atoms with Crippen molar-refractivity contribution in [1.82, 2.24) is 14.8 Å². The first kappa shape index (κ1) is 27.6. The number of benzene rings is 2. The van der Waals surface area contributed by atoms with Gasteiger partial charge in [0.25, 0.3) is 0 Å². The second-order valence-electron chi connectivity index (χ2n) is 7.99. The molecule has 1 amide bonds. The smallest absolute Gasteiger partial charge is 0.341 e. The summed E-state index contributed by atoms with van der Waals surface area (Å²) >= 11 is 2.39. The van der Waals surface area contributed by atoms with Crippen LogP contribution < -0.4 is 5.32 Å². The lowest BCUT2D eigenvalue weighted by Gasteiger charge is -2.10. The largest absolute Gasteiger partial charge is 0.462 e. The van der Waals surface area contributed by atoms with E-state index >= 15 is 0 Å². The van der Waals surface area contributed by atoms with Crippen molar-refractivity contribution in [2.24, 2.45) is 0 Å². The van der Waals surface area contributed by atoms with E-state index < -0.39 is 15.8 Å². The van der Waals surface area contributed by atoms with Gasteiger partial charge in [0.1, 0.15) is 22.1 Å². The van der Waals surface area contributed by atoms with Crippen molar-refractivity contribution in [2.45, 2.75) is 36.2 Å². The van der Waals surface area contributed by atoms with Crippen LogP contribution in [0.4, 0.5) is 5.00 Å². The Hall–Kier alpha value is -3.48. The molecule has 9 nitrogen and oxygen atoms in total. The summed E-state index contributed by atoms with van der Waals surface area (Å²) in [7, 11) is -3.60. The van der Waals surface area contributed by atoms with Gasteiger partial charge in [0, 0.05) is 17.5 Å². The van der Waals surface area contributed by atoms with Crippen LogP contribution in [0.15, 0.2) is 76.1 Å². The molecule has 0 unspecified atom stereocenters. The minimum atomic E-state index is -3.60. The van der Waals surface area contributed by atoms with Crippen molar-refractivity contribution in [1.29, 1.82) is 0 Å². The molecular formula is C26H26N4O5S3. The average Bonchev–Trinajstić information content (AvgIpc) is 3.51. The van der Waals surface area contributed by atoms with Crippen LogP contribution in [0, 0.1) is 0 Å². The minimum absolute atomic E-state index is 0.00952. The number of hydrogen-bond acceptors (Lipinski definition) is 9. The molecule has 38 heavy (non-hydrogen) atoms. The summed E-state index contributed by atoms with van der Waals surface area (Å²) in [6.45, 7) is 4.23. The maximum Gasteiger partial charge on any atom is 0.341 e. The monoisotopic (exact) mass is 570 g/mol. The molecule has 198 valence electrons. The molecule has 2 heterocycles. The van der Waals surface area contributed by atoms with Gasteiger partial charge in [-0.15, -0.1) is 21.5 Å². The molecule has 0 radical (unpaired) electrons. The molecule has 0 spiro atoms. The van der Waals surface area contributed by atoms with E-state index in [4.69, 9.17) is 4.74 Å². The summed E-state index contributed by atoms with van der Waals surface area (Å²) in [6.07, 6.45) is 0. The number of nitrogens with one attached hydrogen (secondary N) is 1. The lowest BCUT2D eigenvalue weighted by molar-refractivity contribution is -0.113. The summed E-state index contributed by atoms with van der Waals surface area (Å²) in [4.78, 5) is 25.8. The number of sulfone groups is 1. The number of esters is 1. The summed E-state index contributed by atoms with van der Waals surface area (Å²) < 4.78 is 32.5. The Bertz CT molecular complexity index is 1520. The Morgan fingerprint density at radius 1 is 1.03 bits per heavy atom.